The van der Waals surface area contributed by atoms with Gasteiger partial charge < -0.3 is 9.64 Å². The third-order valence-electron chi connectivity index (χ3n) is 3.99. The van der Waals surface area contributed by atoms with Crippen molar-refractivity contribution in [3.8, 4) is 5.88 Å². The summed E-state index contributed by atoms with van der Waals surface area (Å²) in [4.78, 5) is 21.0. The number of unbranched alkanes of at least 4 members (excludes halogenated alkanes) is 1. The summed E-state index contributed by atoms with van der Waals surface area (Å²) in [6, 6.07) is 0. The van der Waals surface area contributed by atoms with Crippen molar-refractivity contribution in [2.45, 2.75) is 58.0 Å². The van der Waals surface area contributed by atoms with E-state index in [0.717, 1.165) is 45.1 Å². The van der Waals surface area contributed by atoms with Crippen LogP contribution in [-0.2, 0) is 0 Å². The molecule has 0 atom stereocenters. The van der Waals surface area contributed by atoms with Gasteiger partial charge in [-0.3, -0.25) is 10.1 Å². The fraction of sp³-hybridized carbons (Fsp3) is 0.733. The lowest BCUT2D eigenvalue weighted by Crippen LogP contribution is -2.24. The van der Waals surface area contributed by atoms with Crippen LogP contribution in [0.5, 0.6) is 5.88 Å². The van der Waals surface area contributed by atoms with Crippen LogP contribution in [-0.4, -0.2) is 34.6 Å². The number of rotatable bonds is 7. The molecule has 1 aromatic rings. The summed E-state index contributed by atoms with van der Waals surface area (Å²) in [6.45, 7) is 2.80. The lowest BCUT2D eigenvalue weighted by atomic mass is 9.98. The third kappa shape index (κ3) is 4.05. The Morgan fingerprint density at radius 3 is 2.73 bits per heavy atom. The van der Waals surface area contributed by atoms with Crippen molar-refractivity contribution in [3.63, 3.8) is 0 Å². The lowest BCUT2D eigenvalue weighted by Gasteiger charge is -2.23. The minimum Gasteiger partial charge on any atom is -0.469 e. The van der Waals surface area contributed by atoms with E-state index in [0.29, 0.717) is 5.82 Å². The SMILES string of the molecule is CCCCN(C)c1ncnc(OC2CCCCC2)c1[N+](=O)[O-]. The Kier molecular flexibility index (Phi) is 5.91. The van der Waals surface area contributed by atoms with Crippen molar-refractivity contribution < 1.29 is 9.66 Å². The normalized spacial score (nSPS) is 15.5. The van der Waals surface area contributed by atoms with E-state index in [1.54, 1.807) is 4.90 Å². The van der Waals surface area contributed by atoms with Crippen LogP contribution in [0.4, 0.5) is 11.5 Å². The van der Waals surface area contributed by atoms with E-state index >= 15 is 0 Å². The Morgan fingerprint density at radius 1 is 1.36 bits per heavy atom. The summed E-state index contributed by atoms with van der Waals surface area (Å²) in [7, 11) is 1.81. The topological polar surface area (TPSA) is 81.4 Å². The van der Waals surface area contributed by atoms with Crippen LogP contribution in [0.1, 0.15) is 51.9 Å². The third-order valence-corrected chi connectivity index (χ3v) is 3.99. The first kappa shape index (κ1) is 16.5. The molecule has 1 saturated carbocycles. The number of hydrogen-bond acceptors (Lipinski definition) is 6. The van der Waals surface area contributed by atoms with Gasteiger partial charge in [0.2, 0.25) is 5.82 Å². The van der Waals surface area contributed by atoms with E-state index in [2.05, 4.69) is 16.9 Å². The van der Waals surface area contributed by atoms with Crippen LogP contribution in [0.15, 0.2) is 6.33 Å². The number of anilines is 1. The maximum atomic E-state index is 11.5. The van der Waals surface area contributed by atoms with Gasteiger partial charge in [-0.1, -0.05) is 19.8 Å². The highest BCUT2D eigenvalue weighted by molar-refractivity contribution is 5.62. The van der Waals surface area contributed by atoms with Crippen LogP contribution < -0.4 is 9.64 Å². The summed E-state index contributed by atoms with van der Waals surface area (Å²) in [6.07, 6.45) is 8.63. The molecule has 1 aliphatic rings. The molecule has 0 bridgehead atoms. The second-order valence-corrected chi connectivity index (χ2v) is 5.76. The molecule has 22 heavy (non-hydrogen) atoms. The predicted octanol–water partition coefficient (Wildman–Crippen LogP) is 3.33. The van der Waals surface area contributed by atoms with Gasteiger partial charge in [0.15, 0.2) is 0 Å². The molecule has 1 heterocycles. The maximum absolute atomic E-state index is 11.5. The molecule has 0 amide bonds. The van der Waals surface area contributed by atoms with Crippen molar-refractivity contribution in [2.24, 2.45) is 0 Å². The van der Waals surface area contributed by atoms with Crippen LogP contribution >= 0.6 is 0 Å². The molecule has 0 N–H and O–H groups in total. The number of nitro groups is 1. The highest BCUT2D eigenvalue weighted by Gasteiger charge is 2.29. The molecule has 0 unspecified atom stereocenters. The van der Waals surface area contributed by atoms with Crippen molar-refractivity contribution in [1.29, 1.82) is 0 Å². The lowest BCUT2D eigenvalue weighted by molar-refractivity contribution is -0.385. The van der Waals surface area contributed by atoms with Crippen LogP contribution in [0.3, 0.4) is 0 Å². The van der Waals surface area contributed by atoms with Crippen molar-refractivity contribution in [3.05, 3.63) is 16.4 Å². The van der Waals surface area contributed by atoms with Gasteiger partial charge in [-0.05, 0) is 32.1 Å². The molecule has 1 aromatic heterocycles. The predicted molar refractivity (Wildman–Crippen MR) is 84.4 cm³/mol. The quantitative estimate of drug-likeness (QED) is 0.567. The summed E-state index contributed by atoms with van der Waals surface area (Å²) in [5.74, 6) is 0.435. The fourth-order valence-electron chi connectivity index (χ4n) is 2.72. The monoisotopic (exact) mass is 308 g/mol. The fourth-order valence-corrected chi connectivity index (χ4v) is 2.72. The molecule has 0 aromatic carbocycles. The molecule has 7 heteroatoms. The largest absolute Gasteiger partial charge is 0.469 e. The summed E-state index contributed by atoms with van der Waals surface area (Å²) in [5, 5.41) is 11.5. The second-order valence-electron chi connectivity index (χ2n) is 5.76. The Hall–Kier alpha value is -1.92. The van der Waals surface area contributed by atoms with E-state index in [9.17, 15) is 10.1 Å². The van der Waals surface area contributed by atoms with Crippen molar-refractivity contribution in [1.82, 2.24) is 9.97 Å². The van der Waals surface area contributed by atoms with Crippen molar-refractivity contribution in [2.75, 3.05) is 18.5 Å². The Morgan fingerprint density at radius 2 is 2.09 bits per heavy atom. The van der Waals surface area contributed by atoms with Gasteiger partial charge in [-0.15, -0.1) is 0 Å². The molecule has 0 aliphatic heterocycles. The van der Waals surface area contributed by atoms with E-state index in [1.807, 2.05) is 7.05 Å². The Bertz CT molecular complexity index is 504. The van der Waals surface area contributed by atoms with Crippen LogP contribution in [0.2, 0.25) is 0 Å². The molecule has 7 nitrogen and oxygen atoms in total. The number of hydrogen-bond donors (Lipinski definition) is 0. The van der Waals surface area contributed by atoms with E-state index in [-0.39, 0.29) is 17.7 Å². The second kappa shape index (κ2) is 7.91. The van der Waals surface area contributed by atoms with Gasteiger partial charge >= 0.3 is 5.69 Å². The first-order valence-electron chi connectivity index (χ1n) is 8.00. The molecule has 0 saturated heterocycles. The zero-order valence-corrected chi connectivity index (χ0v) is 13.3. The number of nitrogens with zero attached hydrogens (tertiary/aromatic N) is 4. The smallest absolute Gasteiger partial charge is 0.372 e. The highest BCUT2D eigenvalue weighted by atomic mass is 16.6. The van der Waals surface area contributed by atoms with Gasteiger partial charge in [0, 0.05) is 13.6 Å². The number of aromatic nitrogens is 2. The van der Waals surface area contributed by atoms with Crippen molar-refractivity contribution >= 4 is 11.5 Å². The van der Waals surface area contributed by atoms with Gasteiger partial charge in [0.05, 0.1) is 4.92 Å². The summed E-state index contributed by atoms with van der Waals surface area (Å²) < 4.78 is 5.82. The zero-order valence-electron chi connectivity index (χ0n) is 13.3. The zero-order chi connectivity index (χ0) is 15.9. The Balaban J connectivity index is 2.23. The molecular formula is C15H24N4O3. The molecule has 2 rings (SSSR count). The summed E-state index contributed by atoms with van der Waals surface area (Å²) in [5.41, 5.74) is -0.119. The van der Waals surface area contributed by atoms with Gasteiger partial charge in [-0.2, -0.15) is 4.98 Å². The number of ether oxygens (including phenoxy) is 1. The average molecular weight is 308 g/mol. The molecular weight excluding hydrogens is 284 g/mol. The van der Waals surface area contributed by atoms with Crippen LogP contribution in [0, 0.1) is 10.1 Å². The molecule has 1 fully saturated rings. The minimum atomic E-state index is -0.435. The molecule has 0 radical (unpaired) electrons. The molecule has 1 aliphatic carbocycles. The van der Waals surface area contributed by atoms with E-state index in [4.69, 9.17) is 4.74 Å². The minimum absolute atomic E-state index is 0.0242. The average Bonchev–Trinajstić information content (AvgIpc) is 2.53. The van der Waals surface area contributed by atoms with Gasteiger partial charge in [0.1, 0.15) is 12.4 Å². The van der Waals surface area contributed by atoms with E-state index < -0.39 is 4.92 Å². The first-order chi connectivity index (χ1) is 10.6. The van der Waals surface area contributed by atoms with Gasteiger partial charge in [-0.25, -0.2) is 4.98 Å². The van der Waals surface area contributed by atoms with Crippen LogP contribution in [0.25, 0.3) is 0 Å². The molecule has 0 spiro atoms. The summed E-state index contributed by atoms with van der Waals surface area (Å²) >= 11 is 0. The van der Waals surface area contributed by atoms with Gasteiger partial charge in [0.25, 0.3) is 5.88 Å². The van der Waals surface area contributed by atoms with E-state index in [1.165, 1.54) is 12.7 Å². The highest BCUT2D eigenvalue weighted by Crippen LogP contribution is 2.35. The first-order valence-corrected chi connectivity index (χ1v) is 8.00. The standard InChI is InChI=1S/C15H24N4O3/c1-3-4-10-18(2)14-13(19(20)21)15(17-11-16-14)22-12-8-6-5-7-9-12/h11-12H,3-10H2,1-2H3. The Labute approximate surface area is 130 Å². The molecule has 122 valence electrons. The maximum Gasteiger partial charge on any atom is 0.372 e.